The third-order valence-electron chi connectivity index (χ3n) is 2.73. The number of hydrogen-bond donors (Lipinski definition) is 1. The highest BCUT2D eigenvalue weighted by atomic mass is 35.5. The van der Waals surface area contributed by atoms with Crippen molar-refractivity contribution in [3.8, 4) is 0 Å². The molecule has 0 saturated carbocycles. The number of halogens is 2. The van der Waals surface area contributed by atoms with Gasteiger partial charge in [-0.25, -0.2) is 0 Å². The Kier molecular flexibility index (Phi) is 4.80. The van der Waals surface area contributed by atoms with Crippen LogP contribution in [0.5, 0.6) is 0 Å². The van der Waals surface area contributed by atoms with Gasteiger partial charge in [0.25, 0.3) is 0 Å². The number of carbonyl (C=O) groups excluding carboxylic acids is 1. The van der Waals surface area contributed by atoms with E-state index in [2.05, 4.69) is 0 Å². The van der Waals surface area contributed by atoms with Crippen molar-refractivity contribution < 1.29 is 4.79 Å². The van der Waals surface area contributed by atoms with E-state index >= 15 is 0 Å². The Labute approximate surface area is 111 Å². The first kappa shape index (κ1) is 14.3. The molecule has 3 nitrogen and oxygen atoms in total. The molecule has 0 aromatic heterocycles. The summed E-state index contributed by atoms with van der Waals surface area (Å²) < 4.78 is 0. The van der Waals surface area contributed by atoms with E-state index in [0.717, 1.165) is 5.56 Å². The van der Waals surface area contributed by atoms with Gasteiger partial charge in [-0.05, 0) is 31.5 Å². The van der Waals surface area contributed by atoms with Gasteiger partial charge in [0.05, 0.1) is 12.1 Å². The smallest absolute Gasteiger partial charge is 0.239 e. The Morgan fingerprint density at radius 1 is 1.35 bits per heavy atom. The third-order valence-corrected chi connectivity index (χ3v) is 3.29. The number of nitrogens with zero attached hydrogens (tertiary/aromatic N) is 1. The molecule has 1 aromatic rings. The van der Waals surface area contributed by atoms with Crippen LogP contribution in [-0.2, 0) is 4.79 Å². The highest BCUT2D eigenvalue weighted by Crippen LogP contribution is 2.29. The van der Waals surface area contributed by atoms with Crippen LogP contribution >= 0.6 is 23.2 Å². The van der Waals surface area contributed by atoms with Crippen LogP contribution in [0.3, 0.4) is 0 Å². The second kappa shape index (κ2) is 5.71. The Morgan fingerprint density at radius 2 is 1.94 bits per heavy atom. The third kappa shape index (κ3) is 3.35. The summed E-state index contributed by atoms with van der Waals surface area (Å²) in [5.74, 6) is -0.122. The lowest BCUT2D eigenvalue weighted by atomic mass is 10.1. The molecule has 1 unspecified atom stereocenters. The monoisotopic (exact) mass is 274 g/mol. The Bertz CT molecular complexity index is 421. The second-order valence-corrected chi connectivity index (χ2v) is 4.92. The summed E-state index contributed by atoms with van der Waals surface area (Å²) >= 11 is 11.9. The van der Waals surface area contributed by atoms with Crippen molar-refractivity contribution in [2.24, 2.45) is 5.73 Å². The quantitative estimate of drug-likeness (QED) is 0.922. The number of nitrogens with two attached hydrogens (primary N) is 1. The van der Waals surface area contributed by atoms with Gasteiger partial charge in [-0.2, -0.15) is 0 Å². The molecular formula is C12H16Cl2N2O. The topological polar surface area (TPSA) is 46.3 Å². The van der Waals surface area contributed by atoms with Gasteiger partial charge in [0.2, 0.25) is 5.91 Å². The van der Waals surface area contributed by atoms with Crippen LogP contribution in [0.15, 0.2) is 18.2 Å². The lowest BCUT2D eigenvalue weighted by Gasteiger charge is -2.27. The van der Waals surface area contributed by atoms with Gasteiger partial charge in [0.1, 0.15) is 0 Å². The van der Waals surface area contributed by atoms with Gasteiger partial charge in [-0.3, -0.25) is 4.79 Å². The first-order valence-corrected chi connectivity index (χ1v) is 6.07. The van der Waals surface area contributed by atoms with Crippen molar-refractivity contribution in [1.29, 1.82) is 0 Å². The fourth-order valence-electron chi connectivity index (χ4n) is 1.56. The van der Waals surface area contributed by atoms with Crippen molar-refractivity contribution in [3.63, 3.8) is 0 Å². The van der Waals surface area contributed by atoms with Crippen LogP contribution in [0.4, 0.5) is 0 Å². The zero-order valence-electron chi connectivity index (χ0n) is 10.1. The van der Waals surface area contributed by atoms with Gasteiger partial charge in [0.15, 0.2) is 0 Å². The average Bonchev–Trinajstić information content (AvgIpc) is 2.26. The molecule has 1 amide bonds. The molecule has 2 N–H and O–H groups in total. The summed E-state index contributed by atoms with van der Waals surface area (Å²) in [4.78, 5) is 13.4. The molecule has 5 heteroatoms. The van der Waals surface area contributed by atoms with E-state index in [9.17, 15) is 4.79 Å². The fraction of sp³-hybridized carbons (Fsp3) is 0.417. The zero-order valence-corrected chi connectivity index (χ0v) is 11.6. The van der Waals surface area contributed by atoms with Crippen molar-refractivity contribution >= 4 is 29.1 Å². The number of benzene rings is 1. The summed E-state index contributed by atoms with van der Waals surface area (Å²) in [6, 6.07) is 4.58. The van der Waals surface area contributed by atoms with E-state index in [1.165, 1.54) is 0 Å². The Hall–Kier alpha value is -0.770. The summed E-state index contributed by atoms with van der Waals surface area (Å²) in [7, 11) is 1.71. The van der Waals surface area contributed by atoms with Crippen LogP contribution in [0.1, 0.15) is 25.5 Å². The zero-order chi connectivity index (χ0) is 13.2. The molecule has 0 radical (unpaired) electrons. The van der Waals surface area contributed by atoms with E-state index in [0.29, 0.717) is 10.0 Å². The van der Waals surface area contributed by atoms with Crippen LogP contribution in [-0.4, -0.2) is 23.9 Å². The molecule has 0 fully saturated rings. The minimum atomic E-state index is -0.520. The van der Waals surface area contributed by atoms with E-state index in [1.54, 1.807) is 31.0 Å². The molecule has 0 aliphatic rings. The first-order chi connectivity index (χ1) is 7.84. The fourth-order valence-corrected chi connectivity index (χ4v) is 2.13. The maximum Gasteiger partial charge on any atom is 0.239 e. The Morgan fingerprint density at radius 3 is 2.41 bits per heavy atom. The lowest BCUT2D eigenvalue weighted by Crippen LogP contribution is -2.41. The standard InChI is InChI=1S/C12H16Cl2N2O/c1-7(15)12(17)16(3)8(2)10-5-4-9(13)6-11(10)14/h4-8H,15H2,1-3H3/t7-,8?/m1/s1. The maximum atomic E-state index is 11.8. The van der Waals surface area contributed by atoms with Crippen molar-refractivity contribution in [2.75, 3.05) is 7.05 Å². The first-order valence-electron chi connectivity index (χ1n) is 5.31. The summed E-state index contributed by atoms with van der Waals surface area (Å²) in [6.45, 7) is 3.56. The number of carbonyl (C=O) groups is 1. The molecule has 0 heterocycles. The van der Waals surface area contributed by atoms with Crippen LogP contribution in [0.2, 0.25) is 10.0 Å². The van der Waals surface area contributed by atoms with Gasteiger partial charge < -0.3 is 10.6 Å². The molecule has 1 rings (SSSR count). The lowest BCUT2D eigenvalue weighted by molar-refractivity contribution is -0.132. The highest BCUT2D eigenvalue weighted by Gasteiger charge is 2.21. The minimum Gasteiger partial charge on any atom is -0.338 e. The number of amides is 1. The summed E-state index contributed by atoms with van der Waals surface area (Å²) in [5, 5.41) is 1.13. The van der Waals surface area contributed by atoms with Crippen molar-refractivity contribution in [1.82, 2.24) is 4.90 Å². The SMILES string of the molecule is CC(c1ccc(Cl)cc1Cl)N(C)C(=O)[C@@H](C)N. The molecule has 0 spiro atoms. The van der Waals surface area contributed by atoms with E-state index in [-0.39, 0.29) is 11.9 Å². The van der Waals surface area contributed by atoms with Gasteiger partial charge in [0, 0.05) is 17.1 Å². The average molecular weight is 275 g/mol. The van der Waals surface area contributed by atoms with E-state index in [1.807, 2.05) is 13.0 Å². The van der Waals surface area contributed by atoms with E-state index < -0.39 is 6.04 Å². The van der Waals surface area contributed by atoms with Gasteiger partial charge in [-0.15, -0.1) is 0 Å². The molecule has 94 valence electrons. The predicted molar refractivity (Wildman–Crippen MR) is 71.3 cm³/mol. The minimum absolute atomic E-state index is 0.122. The number of hydrogen-bond acceptors (Lipinski definition) is 2. The molecule has 0 aliphatic carbocycles. The molecule has 0 aliphatic heterocycles. The second-order valence-electron chi connectivity index (χ2n) is 4.08. The molecule has 2 atom stereocenters. The number of rotatable bonds is 3. The van der Waals surface area contributed by atoms with Gasteiger partial charge in [-0.1, -0.05) is 29.3 Å². The van der Waals surface area contributed by atoms with Crippen LogP contribution in [0.25, 0.3) is 0 Å². The highest BCUT2D eigenvalue weighted by molar-refractivity contribution is 6.35. The summed E-state index contributed by atoms with van der Waals surface area (Å²) in [6.07, 6.45) is 0. The Balaban J connectivity index is 2.96. The van der Waals surface area contributed by atoms with Gasteiger partial charge >= 0.3 is 0 Å². The molecule has 0 bridgehead atoms. The molecular weight excluding hydrogens is 259 g/mol. The number of likely N-dealkylation sites (N-methyl/N-ethyl adjacent to an activating group) is 1. The van der Waals surface area contributed by atoms with Crippen molar-refractivity contribution in [2.45, 2.75) is 25.9 Å². The van der Waals surface area contributed by atoms with Crippen molar-refractivity contribution in [3.05, 3.63) is 33.8 Å². The predicted octanol–water partition coefficient (Wildman–Crippen LogP) is 2.86. The largest absolute Gasteiger partial charge is 0.338 e. The molecule has 17 heavy (non-hydrogen) atoms. The van der Waals surface area contributed by atoms with Crippen LogP contribution < -0.4 is 5.73 Å². The molecule has 0 saturated heterocycles. The van der Waals surface area contributed by atoms with Crippen LogP contribution in [0, 0.1) is 0 Å². The maximum absolute atomic E-state index is 11.8. The van der Waals surface area contributed by atoms with E-state index in [4.69, 9.17) is 28.9 Å². The molecule has 1 aromatic carbocycles. The summed E-state index contributed by atoms with van der Waals surface area (Å²) in [5.41, 5.74) is 6.42. The normalized spacial score (nSPS) is 14.2.